The molecule has 0 aromatic carbocycles. The van der Waals surface area contributed by atoms with E-state index >= 15 is 0 Å². The monoisotopic (exact) mass is 307 g/mol. The van der Waals surface area contributed by atoms with Gasteiger partial charge in [-0.2, -0.15) is 0 Å². The number of aromatic nitrogens is 2. The molecule has 0 bridgehead atoms. The van der Waals surface area contributed by atoms with E-state index in [1.807, 2.05) is 31.4 Å². The van der Waals surface area contributed by atoms with Crippen molar-refractivity contribution in [3.05, 3.63) is 18.2 Å². The van der Waals surface area contributed by atoms with Crippen molar-refractivity contribution in [1.82, 2.24) is 24.3 Å². The summed E-state index contributed by atoms with van der Waals surface area (Å²) in [6.45, 7) is 10.3. The number of rotatable bonds is 5. The molecule has 124 valence electrons. The Morgan fingerprint density at radius 3 is 2.73 bits per heavy atom. The van der Waals surface area contributed by atoms with Gasteiger partial charge in [-0.05, 0) is 27.4 Å². The van der Waals surface area contributed by atoms with Crippen molar-refractivity contribution in [3.8, 4) is 0 Å². The van der Waals surface area contributed by atoms with Gasteiger partial charge in [0.2, 0.25) is 5.91 Å². The van der Waals surface area contributed by atoms with Gasteiger partial charge in [-0.1, -0.05) is 6.92 Å². The van der Waals surface area contributed by atoms with Crippen LogP contribution in [0.3, 0.4) is 0 Å². The zero-order valence-electron chi connectivity index (χ0n) is 14.5. The van der Waals surface area contributed by atoms with Crippen molar-refractivity contribution in [2.75, 3.05) is 39.8 Å². The van der Waals surface area contributed by atoms with Gasteiger partial charge < -0.3 is 9.47 Å². The first-order valence-electron chi connectivity index (χ1n) is 8.13. The van der Waals surface area contributed by atoms with Crippen LogP contribution in [0.25, 0.3) is 0 Å². The number of hydrogen-bond acceptors (Lipinski definition) is 4. The molecule has 2 heterocycles. The largest absolute Gasteiger partial charge is 0.338 e. The predicted molar refractivity (Wildman–Crippen MR) is 87.5 cm³/mol. The Balaban J connectivity index is 2.07. The molecule has 0 N–H and O–H groups in total. The van der Waals surface area contributed by atoms with E-state index in [2.05, 4.69) is 40.1 Å². The van der Waals surface area contributed by atoms with Crippen molar-refractivity contribution in [1.29, 1.82) is 0 Å². The molecular weight excluding hydrogens is 278 g/mol. The minimum Gasteiger partial charge on any atom is -0.338 e. The van der Waals surface area contributed by atoms with Gasteiger partial charge in [0.15, 0.2) is 0 Å². The molecule has 1 saturated heterocycles. The summed E-state index contributed by atoms with van der Waals surface area (Å²) >= 11 is 0. The Labute approximate surface area is 133 Å². The van der Waals surface area contributed by atoms with E-state index in [1.165, 1.54) is 0 Å². The predicted octanol–water partition coefficient (Wildman–Crippen LogP) is 0.966. The van der Waals surface area contributed by atoms with Crippen LogP contribution in [0.5, 0.6) is 0 Å². The summed E-state index contributed by atoms with van der Waals surface area (Å²) in [5.74, 6) is 1.25. The lowest BCUT2D eigenvalue weighted by Gasteiger charge is -2.41. The molecule has 1 fully saturated rings. The number of nitrogens with zero attached hydrogens (tertiary/aromatic N) is 5. The molecule has 0 aliphatic carbocycles. The second-order valence-electron chi connectivity index (χ2n) is 6.39. The van der Waals surface area contributed by atoms with Crippen molar-refractivity contribution in [3.63, 3.8) is 0 Å². The smallest absolute Gasteiger partial charge is 0.236 e. The average Bonchev–Trinajstić information content (AvgIpc) is 2.92. The summed E-state index contributed by atoms with van der Waals surface area (Å²) in [5, 5.41) is 0. The lowest BCUT2D eigenvalue weighted by molar-refractivity contribution is -0.135. The summed E-state index contributed by atoms with van der Waals surface area (Å²) in [7, 11) is 4.02. The summed E-state index contributed by atoms with van der Waals surface area (Å²) in [6, 6.07) is 0.568. The second kappa shape index (κ2) is 7.24. The number of piperazine rings is 1. The van der Waals surface area contributed by atoms with Gasteiger partial charge in [-0.3, -0.25) is 14.6 Å². The topological polar surface area (TPSA) is 44.6 Å². The molecule has 0 saturated carbocycles. The van der Waals surface area contributed by atoms with Crippen molar-refractivity contribution in [2.24, 2.45) is 7.05 Å². The van der Waals surface area contributed by atoms with E-state index < -0.39 is 0 Å². The average molecular weight is 307 g/mol. The first-order chi connectivity index (χ1) is 10.4. The number of aryl methyl sites for hydroxylation is 1. The normalized spacial score (nSPS) is 20.1. The lowest BCUT2D eigenvalue weighted by atomic mass is 10.1. The molecule has 1 amide bonds. The Kier molecular flexibility index (Phi) is 5.58. The zero-order chi connectivity index (χ0) is 16.3. The van der Waals surface area contributed by atoms with Crippen LogP contribution in [0.4, 0.5) is 0 Å². The maximum absolute atomic E-state index is 12.5. The summed E-state index contributed by atoms with van der Waals surface area (Å²) in [4.78, 5) is 23.5. The van der Waals surface area contributed by atoms with Crippen molar-refractivity contribution in [2.45, 2.75) is 32.9 Å². The molecule has 22 heavy (non-hydrogen) atoms. The van der Waals surface area contributed by atoms with E-state index in [4.69, 9.17) is 0 Å². The minimum absolute atomic E-state index is 0.187. The number of carbonyl (C=O) groups excluding carboxylic acids is 1. The van der Waals surface area contributed by atoms with Crippen LogP contribution < -0.4 is 0 Å². The minimum atomic E-state index is 0.187. The number of likely N-dealkylation sites (N-methyl/N-ethyl adjacent to an activating group) is 2. The highest BCUT2D eigenvalue weighted by Crippen LogP contribution is 2.23. The van der Waals surface area contributed by atoms with Crippen LogP contribution >= 0.6 is 0 Å². The molecule has 1 aromatic heterocycles. The Hall–Kier alpha value is -1.40. The fraction of sp³-hybridized carbons (Fsp3) is 0.750. The first kappa shape index (κ1) is 17.0. The summed E-state index contributed by atoms with van der Waals surface area (Å²) < 4.78 is 2.06. The molecular formula is C16H29N5O. The van der Waals surface area contributed by atoms with E-state index in [0.29, 0.717) is 12.6 Å². The summed E-state index contributed by atoms with van der Waals surface area (Å²) in [5.41, 5.74) is 0. The highest BCUT2D eigenvalue weighted by Gasteiger charge is 2.32. The highest BCUT2D eigenvalue weighted by molar-refractivity contribution is 5.78. The third-order valence-electron chi connectivity index (χ3n) is 4.67. The second-order valence-corrected chi connectivity index (χ2v) is 6.39. The Bertz CT molecular complexity index is 498. The van der Waals surface area contributed by atoms with E-state index in [1.54, 1.807) is 0 Å². The maximum atomic E-state index is 12.5. The van der Waals surface area contributed by atoms with Gasteiger partial charge in [0.1, 0.15) is 5.82 Å². The van der Waals surface area contributed by atoms with Gasteiger partial charge in [-0.25, -0.2) is 4.98 Å². The van der Waals surface area contributed by atoms with Crippen LogP contribution in [0.2, 0.25) is 0 Å². The molecule has 0 spiro atoms. The van der Waals surface area contributed by atoms with E-state index in [9.17, 15) is 4.79 Å². The number of carbonyl (C=O) groups is 1. The fourth-order valence-corrected chi connectivity index (χ4v) is 2.86. The van der Waals surface area contributed by atoms with Gasteiger partial charge >= 0.3 is 0 Å². The van der Waals surface area contributed by atoms with Crippen LogP contribution in [-0.2, 0) is 11.8 Å². The molecule has 1 aliphatic rings. The van der Waals surface area contributed by atoms with Crippen LogP contribution in [0.15, 0.2) is 12.4 Å². The standard InChI is InChI=1S/C16H29N5O/c1-6-20-9-10-21(15(22)12-19(5)13(2)3)11-14(20)16-17-7-8-18(16)4/h7-8,13-14H,6,9-12H2,1-5H3. The zero-order valence-corrected chi connectivity index (χ0v) is 14.5. The Morgan fingerprint density at radius 2 is 2.18 bits per heavy atom. The number of imidazole rings is 1. The Morgan fingerprint density at radius 1 is 1.45 bits per heavy atom. The van der Waals surface area contributed by atoms with Crippen LogP contribution in [0.1, 0.15) is 32.6 Å². The SMILES string of the molecule is CCN1CCN(C(=O)CN(C)C(C)C)CC1c1nccn1C. The molecule has 1 unspecified atom stereocenters. The van der Waals surface area contributed by atoms with Crippen LogP contribution in [-0.4, -0.2) is 76.0 Å². The van der Waals surface area contributed by atoms with E-state index in [-0.39, 0.29) is 11.9 Å². The maximum Gasteiger partial charge on any atom is 0.236 e. The van der Waals surface area contributed by atoms with Gasteiger partial charge in [0.05, 0.1) is 12.6 Å². The van der Waals surface area contributed by atoms with Crippen molar-refractivity contribution >= 4 is 5.91 Å². The molecule has 6 nitrogen and oxygen atoms in total. The van der Waals surface area contributed by atoms with Gasteiger partial charge in [-0.15, -0.1) is 0 Å². The third-order valence-corrected chi connectivity index (χ3v) is 4.67. The molecule has 1 atom stereocenters. The molecule has 2 rings (SSSR count). The van der Waals surface area contributed by atoms with Crippen molar-refractivity contribution < 1.29 is 4.79 Å². The third kappa shape index (κ3) is 3.67. The molecule has 6 heteroatoms. The lowest BCUT2D eigenvalue weighted by Crippen LogP contribution is -2.53. The number of hydrogen-bond donors (Lipinski definition) is 0. The highest BCUT2D eigenvalue weighted by atomic mass is 16.2. The molecule has 1 aliphatic heterocycles. The van der Waals surface area contributed by atoms with Crippen LogP contribution in [0, 0.1) is 0 Å². The summed E-state index contributed by atoms with van der Waals surface area (Å²) in [6.07, 6.45) is 3.80. The fourth-order valence-electron chi connectivity index (χ4n) is 2.86. The first-order valence-corrected chi connectivity index (χ1v) is 8.13. The number of amides is 1. The molecule has 1 aromatic rings. The van der Waals surface area contributed by atoms with Gasteiger partial charge in [0.25, 0.3) is 0 Å². The van der Waals surface area contributed by atoms with E-state index in [0.717, 1.165) is 32.0 Å². The van der Waals surface area contributed by atoms with Gasteiger partial charge in [0, 0.05) is 45.1 Å². The quantitative estimate of drug-likeness (QED) is 0.813. The molecule has 0 radical (unpaired) electrons.